The fourth-order valence-corrected chi connectivity index (χ4v) is 2.60. The first-order chi connectivity index (χ1) is 11.8. The van der Waals surface area contributed by atoms with E-state index in [1.54, 1.807) is 27.7 Å². The number of hydrogen-bond donors (Lipinski definition) is 0. The van der Waals surface area contributed by atoms with Crippen LogP contribution < -0.4 is 0 Å². The molecule has 1 atom stereocenters. The highest BCUT2D eigenvalue weighted by atomic mass is 19.2. The third kappa shape index (κ3) is 3.32. The van der Waals surface area contributed by atoms with Crippen molar-refractivity contribution in [3.8, 4) is 0 Å². The summed E-state index contributed by atoms with van der Waals surface area (Å²) in [5.74, 6) is -13.1. The van der Waals surface area contributed by atoms with Crippen LogP contribution in [0, 0.1) is 29.1 Å². The van der Waals surface area contributed by atoms with Gasteiger partial charge in [-0.25, -0.2) is 22.0 Å². The van der Waals surface area contributed by atoms with Crippen LogP contribution in [0.15, 0.2) is 0 Å². The number of rotatable bonds is 4. The van der Waals surface area contributed by atoms with E-state index in [2.05, 4.69) is 4.74 Å². The van der Waals surface area contributed by atoms with Gasteiger partial charge in [-0.05, 0) is 27.7 Å². The first-order valence-corrected chi connectivity index (χ1v) is 7.77. The fourth-order valence-electron chi connectivity index (χ4n) is 2.60. The largest absolute Gasteiger partial charge is 0.469 e. The van der Waals surface area contributed by atoms with Gasteiger partial charge in [-0.1, -0.05) is 0 Å². The van der Waals surface area contributed by atoms with Gasteiger partial charge in [-0.15, -0.1) is 0 Å². The summed E-state index contributed by atoms with van der Waals surface area (Å²) in [6.07, 6.45) is -0.703. The molecule has 1 fully saturated rings. The molecule has 1 aliphatic rings. The Morgan fingerprint density at radius 3 is 1.69 bits per heavy atom. The second-order valence-electron chi connectivity index (χ2n) is 7.00. The average Bonchev–Trinajstić information content (AvgIpc) is 2.77. The first-order valence-electron chi connectivity index (χ1n) is 7.77. The number of esters is 1. The van der Waals surface area contributed by atoms with E-state index in [9.17, 15) is 26.7 Å². The molecule has 0 aliphatic carbocycles. The van der Waals surface area contributed by atoms with Crippen molar-refractivity contribution in [1.29, 1.82) is 0 Å². The monoisotopic (exact) mass is 380 g/mol. The first kappa shape index (κ1) is 20.6. The number of halogens is 5. The van der Waals surface area contributed by atoms with Crippen molar-refractivity contribution < 1.29 is 40.8 Å². The third-order valence-electron chi connectivity index (χ3n) is 4.83. The van der Waals surface area contributed by atoms with E-state index in [-0.39, 0.29) is 0 Å². The van der Waals surface area contributed by atoms with Crippen LogP contribution in [-0.2, 0) is 18.8 Å². The summed E-state index contributed by atoms with van der Waals surface area (Å²) in [6, 6.07) is 0. The van der Waals surface area contributed by atoms with Crippen LogP contribution in [0.5, 0.6) is 0 Å². The van der Waals surface area contributed by atoms with Gasteiger partial charge in [0.25, 0.3) is 0 Å². The minimum atomic E-state index is -2.28. The maximum Gasteiger partial charge on any atom is 0.466 e. The van der Waals surface area contributed by atoms with Gasteiger partial charge in [0, 0.05) is 11.4 Å². The van der Waals surface area contributed by atoms with E-state index < -0.39 is 71.2 Å². The number of carbonyl (C=O) groups is 1. The molecule has 1 aromatic rings. The minimum absolute atomic E-state index is 0.703. The van der Waals surface area contributed by atoms with Crippen LogP contribution in [0.1, 0.15) is 45.5 Å². The Bertz CT molecular complexity index is 693. The number of methoxy groups -OCH3 is 1. The smallest absolute Gasteiger partial charge is 0.466 e. The quantitative estimate of drug-likeness (QED) is 0.263. The van der Waals surface area contributed by atoms with Gasteiger partial charge in [0.05, 0.1) is 24.7 Å². The lowest BCUT2D eigenvalue weighted by Crippen LogP contribution is -2.41. The summed E-state index contributed by atoms with van der Waals surface area (Å²) in [6.45, 7) is 6.56. The van der Waals surface area contributed by atoms with Crippen molar-refractivity contribution in [2.75, 3.05) is 7.11 Å². The van der Waals surface area contributed by atoms with Crippen molar-refractivity contribution in [3.63, 3.8) is 0 Å². The van der Waals surface area contributed by atoms with Crippen molar-refractivity contribution in [2.24, 2.45) is 0 Å². The van der Waals surface area contributed by atoms with Gasteiger partial charge in [0.15, 0.2) is 23.3 Å². The Hall–Kier alpha value is -1.68. The van der Waals surface area contributed by atoms with Gasteiger partial charge in [0.1, 0.15) is 0 Å². The summed E-state index contributed by atoms with van der Waals surface area (Å²) in [4.78, 5) is 11.7. The third-order valence-corrected chi connectivity index (χ3v) is 4.83. The SMILES string of the molecule is COC(=O)CC(B1OC(C)(C)C(C)(C)O1)c1c(F)c(F)c(F)c(F)c1F. The molecule has 0 N–H and O–H groups in total. The molecule has 1 aromatic carbocycles. The van der Waals surface area contributed by atoms with Crippen molar-refractivity contribution >= 4 is 13.1 Å². The lowest BCUT2D eigenvalue weighted by atomic mass is 9.65. The molecule has 0 spiro atoms. The minimum Gasteiger partial charge on any atom is -0.469 e. The van der Waals surface area contributed by atoms with Crippen molar-refractivity contribution in [2.45, 2.75) is 51.1 Å². The van der Waals surface area contributed by atoms with Gasteiger partial charge < -0.3 is 14.0 Å². The highest BCUT2D eigenvalue weighted by Crippen LogP contribution is 2.43. The van der Waals surface area contributed by atoms with Crippen molar-refractivity contribution in [1.82, 2.24) is 0 Å². The van der Waals surface area contributed by atoms with Crippen LogP contribution in [0.2, 0.25) is 0 Å². The molecule has 0 aromatic heterocycles. The maximum absolute atomic E-state index is 14.3. The molecule has 144 valence electrons. The summed E-state index contributed by atoms with van der Waals surface area (Å²) < 4.78 is 84.8. The molecule has 0 saturated carbocycles. The Morgan fingerprint density at radius 2 is 1.31 bits per heavy atom. The van der Waals surface area contributed by atoms with E-state index >= 15 is 0 Å². The van der Waals surface area contributed by atoms with Gasteiger partial charge in [-0.2, -0.15) is 0 Å². The Kier molecular flexibility index (Phi) is 5.40. The van der Waals surface area contributed by atoms with E-state index in [1.165, 1.54) is 0 Å². The second kappa shape index (κ2) is 6.81. The molecule has 1 unspecified atom stereocenters. The zero-order valence-corrected chi connectivity index (χ0v) is 14.9. The van der Waals surface area contributed by atoms with Crippen LogP contribution in [0.3, 0.4) is 0 Å². The summed E-state index contributed by atoms with van der Waals surface area (Å²) in [7, 11) is -0.394. The average molecular weight is 380 g/mol. The molecule has 0 radical (unpaired) electrons. The van der Waals surface area contributed by atoms with Gasteiger partial charge in [0.2, 0.25) is 5.82 Å². The summed E-state index contributed by atoms with van der Waals surface area (Å²) >= 11 is 0. The second-order valence-corrected chi connectivity index (χ2v) is 7.00. The Morgan fingerprint density at radius 1 is 0.923 bits per heavy atom. The van der Waals surface area contributed by atoms with Crippen LogP contribution in [0.4, 0.5) is 22.0 Å². The predicted molar refractivity (Wildman–Crippen MR) is 81.7 cm³/mol. The number of ether oxygens (including phenoxy) is 1. The molecule has 1 heterocycles. The number of benzene rings is 1. The predicted octanol–water partition coefficient (Wildman–Crippen LogP) is 3.66. The highest BCUT2D eigenvalue weighted by Gasteiger charge is 2.55. The van der Waals surface area contributed by atoms with Crippen molar-refractivity contribution in [3.05, 3.63) is 34.6 Å². The molecular formula is C16H18BF5O4. The fraction of sp³-hybridized carbons (Fsp3) is 0.562. The zero-order chi connectivity index (χ0) is 20.0. The topological polar surface area (TPSA) is 44.8 Å². The Labute approximate surface area is 147 Å². The highest BCUT2D eigenvalue weighted by molar-refractivity contribution is 6.48. The zero-order valence-electron chi connectivity index (χ0n) is 14.9. The number of carbonyl (C=O) groups excluding carboxylic acids is 1. The molecule has 0 amide bonds. The van der Waals surface area contributed by atoms with Crippen LogP contribution in [0.25, 0.3) is 0 Å². The lowest BCUT2D eigenvalue weighted by molar-refractivity contribution is -0.140. The van der Waals surface area contributed by atoms with E-state index in [4.69, 9.17) is 9.31 Å². The van der Waals surface area contributed by atoms with Gasteiger partial charge in [-0.3, -0.25) is 4.79 Å². The maximum atomic E-state index is 14.3. The summed E-state index contributed by atoms with van der Waals surface area (Å²) in [5, 5.41) is 0. The molecule has 1 saturated heterocycles. The van der Waals surface area contributed by atoms with Crippen LogP contribution >= 0.6 is 0 Å². The molecular weight excluding hydrogens is 362 g/mol. The van der Waals surface area contributed by atoms with E-state index in [0.29, 0.717) is 0 Å². The van der Waals surface area contributed by atoms with Crippen LogP contribution in [-0.4, -0.2) is 31.4 Å². The molecule has 4 nitrogen and oxygen atoms in total. The number of hydrogen-bond acceptors (Lipinski definition) is 4. The molecule has 1 aliphatic heterocycles. The molecule has 2 rings (SSSR count). The Balaban J connectivity index is 2.60. The molecule has 26 heavy (non-hydrogen) atoms. The normalized spacial score (nSPS) is 19.5. The molecule has 10 heteroatoms. The lowest BCUT2D eigenvalue weighted by Gasteiger charge is -2.32. The van der Waals surface area contributed by atoms with E-state index in [1.807, 2.05) is 0 Å². The molecule has 0 bridgehead atoms. The van der Waals surface area contributed by atoms with E-state index in [0.717, 1.165) is 7.11 Å². The summed E-state index contributed by atoms with van der Waals surface area (Å²) in [5.41, 5.74) is -3.07. The van der Waals surface area contributed by atoms with Gasteiger partial charge >= 0.3 is 13.1 Å². The standard InChI is InChI=1S/C16H18BF5O4/c1-15(2)16(3,4)26-17(25-15)7(6-8(23)24-5)9-10(18)12(20)14(22)13(21)11(9)19/h7H,6H2,1-5H3.